The van der Waals surface area contributed by atoms with Gasteiger partial charge in [0.05, 0.1) is 6.61 Å². The first-order chi connectivity index (χ1) is 9.03. The Balaban J connectivity index is 1.99. The number of halogens is 2. The lowest BCUT2D eigenvalue weighted by atomic mass is 9.77. The highest BCUT2D eigenvalue weighted by molar-refractivity contribution is 9.10. The highest BCUT2D eigenvalue weighted by atomic mass is 79.9. The van der Waals surface area contributed by atoms with Crippen LogP contribution in [0.1, 0.15) is 38.2 Å². The number of hydrogen-bond donors (Lipinski definition) is 2. The van der Waals surface area contributed by atoms with Gasteiger partial charge in [0.25, 0.3) is 0 Å². The average molecular weight is 330 g/mol. The van der Waals surface area contributed by atoms with Crippen molar-refractivity contribution in [1.29, 1.82) is 0 Å². The SMILES string of the molecule is CC1CCC(CO)(NCc2cc(F)cc(Br)c2)CC1. The van der Waals surface area contributed by atoms with Crippen molar-refractivity contribution in [3.8, 4) is 0 Å². The maximum atomic E-state index is 13.3. The molecule has 1 fully saturated rings. The van der Waals surface area contributed by atoms with E-state index in [-0.39, 0.29) is 18.0 Å². The van der Waals surface area contributed by atoms with E-state index in [1.54, 1.807) is 0 Å². The Labute approximate surface area is 122 Å². The summed E-state index contributed by atoms with van der Waals surface area (Å²) in [6, 6.07) is 4.90. The molecule has 1 aliphatic carbocycles. The van der Waals surface area contributed by atoms with Gasteiger partial charge in [0, 0.05) is 16.6 Å². The van der Waals surface area contributed by atoms with Gasteiger partial charge in [-0.1, -0.05) is 22.9 Å². The number of rotatable bonds is 4. The third-order valence-corrected chi connectivity index (χ3v) is 4.58. The van der Waals surface area contributed by atoms with Gasteiger partial charge in [-0.05, 0) is 55.4 Å². The molecule has 0 saturated heterocycles. The van der Waals surface area contributed by atoms with Crippen LogP contribution in [0.3, 0.4) is 0 Å². The second-order valence-electron chi connectivity index (χ2n) is 5.75. The van der Waals surface area contributed by atoms with Crippen molar-refractivity contribution in [2.45, 2.75) is 44.7 Å². The summed E-state index contributed by atoms with van der Waals surface area (Å²) < 4.78 is 14.1. The Morgan fingerprint density at radius 2 is 2.05 bits per heavy atom. The maximum Gasteiger partial charge on any atom is 0.124 e. The van der Waals surface area contributed by atoms with Crippen molar-refractivity contribution in [1.82, 2.24) is 5.32 Å². The van der Waals surface area contributed by atoms with E-state index >= 15 is 0 Å². The van der Waals surface area contributed by atoms with E-state index < -0.39 is 0 Å². The van der Waals surface area contributed by atoms with E-state index in [4.69, 9.17) is 0 Å². The Hall–Kier alpha value is -0.450. The minimum atomic E-state index is -0.235. The number of hydrogen-bond acceptors (Lipinski definition) is 2. The zero-order chi connectivity index (χ0) is 13.9. The van der Waals surface area contributed by atoms with Crippen LogP contribution in [-0.4, -0.2) is 17.3 Å². The van der Waals surface area contributed by atoms with Crippen LogP contribution in [0.2, 0.25) is 0 Å². The first-order valence-electron chi connectivity index (χ1n) is 6.84. The summed E-state index contributed by atoms with van der Waals surface area (Å²) >= 11 is 3.30. The number of aliphatic hydroxyl groups excluding tert-OH is 1. The molecule has 0 amide bonds. The first-order valence-corrected chi connectivity index (χ1v) is 7.63. The maximum absolute atomic E-state index is 13.3. The normalized spacial score (nSPS) is 27.5. The molecule has 2 nitrogen and oxygen atoms in total. The van der Waals surface area contributed by atoms with Gasteiger partial charge in [-0.25, -0.2) is 4.39 Å². The largest absolute Gasteiger partial charge is 0.394 e. The predicted molar refractivity (Wildman–Crippen MR) is 78.4 cm³/mol. The molecule has 0 atom stereocenters. The number of benzene rings is 1. The molecule has 2 rings (SSSR count). The lowest BCUT2D eigenvalue weighted by Crippen LogP contribution is -2.50. The summed E-state index contributed by atoms with van der Waals surface area (Å²) in [5.41, 5.74) is 0.712. The molecule has 0 unspecified atom stereocenters. The van der Waals surface area contributed by atoms with Gasteiger partial charge in [-0.15, -0.1) is 0 Å². The summed E-state index contributed by atoms with van der Waals surface area (Å²) in [7, 11) is 0. The fraction of sp³-hybridized carbons (Fsp3) is 0.600. The highest BCUT2D eigenvalue weighted by Gasteiger charge is 2.32. The first kappa shape index (κ1) is 14.9. The van der Waals surface area contributed by atoms with Gasteiger partial charge in [-0.3, -0.25) is 0 Å². The summed E-state index contributed by atoms with van der Waals surface area (Å²) in [4.78, 5) is 0. The Morgan fingerprint density at radius 3 is 2.63 bits per heavy atom. The monoisotopic (exact) mass is 329 g/mol. The third-order valence-electron chi connectivity index (χ3n) is 4.12. The molecule has 4 heteroatoms. The van der Waals surface area contributed by atoms with Crippen LogP contribution in [0.4, 0.5) is 4.39 Å². The molecule has 106 valence electrons. The Bertz CT molecular complexity index is 410. The van der Waals surface area contributed by atoms with E-state index in [1.807, 2.05) is 6.07 Å². The van der Waals surface area contributed by atoms with Crippen molar-refractivity contribution in [3.63, 3.8) is 0 Å². The standard InChI is InChI=1S/C15H21BrFNO/c1-11-2-4-15(10-19,5-3-11)18-9-12-6-13(16)8-14(17)7-12/h6-8,11,18-19H,2-5,9-10H2,1H3. The molecule has 0 aromatic heterocycles. The zero-order valence-corrected chi connectivity index (χ0v) is 12.8. The van der Waals surface area contributed by atoms with Gasteiger partial charge in [0.1, 0.15) is 5.82 Å². The average Bonchev–Trinajstić information content (AvgIpc) is 2.38. The van der Waals surface area contributed by atoms with Crippen molar-refractivity contribution in [2.24, 2.45) is 5.92 Å². The lowest BCUT2D eigenvalue weighted by Gasteiger charge is -2.39. The van der Waals surface area contributed by atoms with Crippen LogP contribution in [0, 0.1) is 11.7 Å². The second kappa shape index (κ2) is 6.33. The van der Waals surface area contributed by atoms with Crippen molar-refractivity contribution in [3.05, 3.63) is 34.1 Å². The fourth-order valence-corrected chi connectivity index (χ4v) is 3.22. The van der Waals surface area contributed by atoms with E-state index in [1.165, 1.54) is 12.1 Å². The molecule has 1 aliphatic rings. The van der Waals surface area contributed by atoms with Gasteiger partial charge in [0.15, 0.2) is 0 Å². The molecule has 19 heavy (non-hydrogen) atoms. The van der Waals surface area contributed by atoms with E-state index in [2.05, 4.69) is 28.2 Å². The summed E-state index contributed by atoms with van der Waals surface area (Å²) in [6.45, 7) is 2.99. The fourth-order valence-electron chi connectivity index (χ4n) is 2.71. The van der Waals surface area contributed by atoms with Crippen LogP contribution >= 0.6 is 15.9 Å². The quantitative estimate of drug-likeness (QED) is 0.884. The molecule has 2 N–H and O–H groups in total. The van der Waals surface area contributed by atoms with Crippen LogP contribution in [-0.2, 0) is 6.54 Å². The number of nitrogens with one attached hydrogen (secondary N) is 1. The predicted octanol–water partition coefficient (Wildman–Crippen LogP) is 3.62. The van der Waals surface area contributed by atoms with Gasteiger partial charge >= 0.3 is 0 Å². The molecule has 0 bridgehead atoms. The van der Waals surface area contributed by atoms with Crippen LogP contribution in [0.15, 0.2) is 22.7 Å². The third kappa shape index (κ3) is 4.01. The lowest BCUT2D eigenvalue weighted by molar-refractivity contribution is 0.104. The van der Waals surface area contributed by atoms with Gasteiger partial charge < -0.3 is 10.4 Å². The Kier molecular flexibility index (Phi) is 4.98. The van der Waals surface area contributed by atoms with Gasteiger partial charge in [-0.2, -0.15) is 0 Å². The van der Waals surface area contributed by atoms with E-state index in [0.29, 0.717) is 6.54 Å². The molecule has 1 saturated carbocycles. The minimum absolute atomic E-state index is 0.149. The Morgan fingerprint density at radius 1 is 1.37 bits per heavy atom. The van der Waals surface area contributed by atoms with Gasteiger partial charge in [0.2, 0.25) is 0 Å². The second-order valence-corrected chi connectivity index (χ2v) is 6.67. The summed E-state index contributed by atoms with van der Waals surface area (Å²) in [5, 5.41) is 13.1. The van der Waals surface area contributed by atoms with Crippen LogP contribution < -0.4 is 5.32 Å². The van der Waals surface area contributed by atoms with Crippen LogP contribution in [0.25, 0.3) is 0 Å². The van der Waals surface area contributed by atoms with Crippen molar-refractivity contribution in [2.75, 3.05) is 6.61 Å². The molecule has 0 aliphatic heterocycles. The summed E-state index contributed by atoms with van der Waals surface area (Å²) in [5.74, 6) is 0.506. The highest BCUT2D eigenvalue weighted by Crippen LogP contribution is 2.32. The van der Waals surface area contributed by atoms with E-state index in [0.717, 1.165) is 41.6 Å². The molecule has 1 aromatic carbocycles. The molecule has 1 aromatic rings. The molecule has 0 radical (unpaired) electrons. The van der Waals surface area contributed by atoms with Crippen LogP contribution in [0.5, 0.6) is 0 Å². The number of aliphatic hydroxyl groups is 1. The van der Waals surface area contributed by atoms with Crippen molar-refractivity contribution < 1.29 is 9.50 Å². The van der Waals surface area contributed by atoms with Crippen molar-refractivity contribution >= 4 is 15.9 Å². The molecular formula is C15H21BrFNO. The smallest absolute Gasteiger partial charge is 0.124 e. The molecule has 0 heterocycles. The topological polar surface area (TPSA) is 32.3 Å². The summed E-state index contributed by atoms with van der Waals surface area (Å²) in [6.07, 6.45) is 4.25. The molecular weight excluding hydrogens is 309 g/mol. The molecule has 0 spiro atoms. The van der Waals surface area contributed by atoms with E-state index in [9.17, 15) is 9.50 Å². The zero-order valence-electron chi connectivity index (χ0n) is 11.3. The minimum Gasteiger partial charge on any atom is -0.394 e.